The van der Waals surface area contributed by atoms with Gasteiger partial charge in [0.1, 0.15) is 36.3 Å². The molecular weight excluding hydrogens is 624 g/mol. The fourth-order valence-electron chi connectivity index (χ4n) is 6.60. The van der Waals surface area contributed by atoms with Crippen LogP contribution in [0.15, 0.2) is 158 Å². The number of hydrogen-bond donors (Lipinski definition) is 1. The Bertz CT molecular complexity index is 1900. The first-order valence-electron chi connectivity index (χ1n) is 17.2. The number of benzene rings is 6. The van der Waals surface area contributed by atoms with Crippen molar-refractivity contribution in [2.75, 3.05) is 6.61 Å². The van der Waals surface area contributed by atoms with Crippen molar-refractivity contribution in [1.82, 2.24) is 0 Å². The predicted octanol–water partition coefficient (Wildman–Crippen LogP) is 8.96. The zero-order valence-electron chi connectivity index (χ0n) is 27.9. The summed E-state index contributed by atoms with van der Waals surface area (Å²) in [6.07, 6.45) is -3.06. The standard InChI is InChI=1S/C44H42O6/c45-38-26-25-36-23-13-14-24-37(36)40(38)42-44(49-30-35-21-11-4-12-22-35)43(48-29-34-19-9-3-10-20-34)41(47-28-33-17-7-2-8-18-33)39(50-42)31-46-27-32-15-5-1-6-16-32/h1-26,39,41-45H,27-31H2/t39?,41-,42+,43?,44?/m1/s1. The highest BCUT2D eigenvalue weighted by atomic mass is 16.6. The molecule has 0 aromatic heterocycles. The Hall–Kier alpha value is -4.82. The Morgan fingerprint density at radius 3 is 1.48 bits per heavy atom. The minimum absolute atomic E-state index is 0.136. The first-order valence-corrected chi connectivity index (χ1v) is 17.2. The summed E-state index contributed by atoms with van der Waals surface area (Å²) in [5, 5.41) is 13.4. The molecule has 1 aliphatic rings. The highest BCUT2D eigenvalue weighted by molar-refractivity contribution is 5.88. The Morgan fingerprint density at radius 1 is 0.460 bits per heavy atom. The first-order chi connectivity index (χ1) is 24.7. The van der Waals surface area contributed by atoms with Crippen LogP contribution >= 0.6 is 0 Å². The molecule has 1 N–H and O–H groups in total. The van der Waals surface area contributed by atoms with Gasteiger partial charge in [0.05, 0.1) is 33.0 Å². The maximum absolute atomic E-state index is 11.5. The van der Waals surface area contributed by atoms with Gasteiger partial charge in [0, 0.05) is 5.56 Å². The van der Waals surface area contributed by atoms with E-state index in [2.05, 4.69) is 0 Å². The molecule has 1 saturated heterocycles. The molecule has 1 aliphatic heterocycles. The summed E-state index contributed by atoms with van der Waals surface area (Å²) in [5.41, 5.74) is 4.81. The number of rotatable bonds is 14. The third kappa shape index (κ3) is 8.30. The number of ether oxygens (including phenoxy) is 5. The van der Waals surface area contributed by atoms with E-state index in [-0.39, 0.29) is 12.4 Å². The molecule has 0 bridgehead atoms. The van der Waals surface area contributed by atoms with E-state index in [1.54, 1.807) is 6.07 Å². The average Bonchev–Trinajstić information content (AvgIpc) is 3.17. The number of phenols is 1. The molecule has 0 spiro atoms. The zero-order chi connectivity index (χ0) is 34.0. The molecule has 5 atom stereocenters. The molecule has 254 valence electrons. The monoisotopic (exact) mass is 666 g/mol. The Balaban J connectivity index is 1.29. The van der Waals surface area contributed by atoms with Gasteiger partial charge in [0.15, 0.2) is 0 Å². The lowest BCUT2D eigenvalue weighted by Gasteiger charge is -2.46. The van der Waals surface area contributed by atoms with Gasteiger partial charge in [0.25, 0.3) is 0 Å². The van der Waals surface area contributed by atoms with Crippen molar-refractivity contribution in [3.8, 4) is 5.75 Å². The maximum Gasteiger partial charge on any atom is 0.122 e. The van der Waals surface area contributed by atoms with Crippen molar-refractivity contribution in [2.24, 2.45) is 0 Å². The van der Waals surface area contributed by atoms with Crippen LogP contribution in [-0.2, 0) is 50.1 Å². The molecule has 6 nitrogen and oxygen atoms in total. The quantitative estimate of drug-likeness (QED) is 0.125. The van der Waals surface area contributed by atoms with E-state index in [1.165, 1.54) is 0 Å². The van der Waals surface area contributed by atoms with Crippen molar-refractivity contribution in [1.29, 1.82) is 0 Å². The minimum atomic E-state index is -0.701. The SMILES string of the molecule is Oc1ccc2ccccc2c1[C@@H]1OC(COCc2ccccc2)[C@@H](OCc2ccccc2)C(OCc2ccccc2)C1OCc1ccccc1. The summed E-state index contributed by atoms with van der Waals surface area (Å²) in [6, 6.07) is 52.0. The molecule has 1 fully saturated rings. The first kappa shape index (κ1) is 33.7. The van der Waals surface area contributed by atoms with Crippen molar-refractivity contribution in [2.45, 2.75) is 56.9 Å². The summed E-state index contributed by atoms with van der Waals surface area (Å²) >= 11 is 0. The van der Waals surface area contributed by atoms with Crippen LogP contribution in [0.25, 0.3) is 10.8 Å². The summed E-state index contributed by atoms with van der Waals surface area (Å²) in [5.74, 6) is 0.136. The van der Waals surface area contributed by atoms with Crippen LogP contribution in [-0.4, -0.2) is 36.1 Å². The minimum Gasteiger partial charge on any atom is -0.508 e. The number of phenolic OH excluding ortho intramolecular Hbond substituents is 1. The second kappa shape index (κ2) is 16.7. The van der Waals surface area contributed by atoms with Gasteiger partial charge in [-0.25, -0.2) is 0 Å². The Labute approximate surface area is 293 Å². The van der Waals surface area contributed by atoms with Crippen LogP contribution in [0.3, 0.4) is 0 Å². The van der Waals surface area contributed by atoms with E-state index >= 15 is 0 Å². The van der Waals surface area contributed by atoms with Crippen molar-refractivity contribution < 1.29 is 28.8 Å². The van der Waals surface area contributed by atoms with Crippen LogP contribution < -0.4 is 0 Å². The lowest BCUT2D eigenvalue weighted by Crippen LogP contribution is -2.58. The second-order valence-electron chi connectivity index (χ2n) is 12.6. The van der Waals surface area contributed by atoms with Gasteiger partial charge >= 0.3 is 0 Å². The molecule has 7 rings (SSSR count). The average molecular weight is 667 g/mol. The second-order valence-corrected chi connectivity index (χ2v) is 12.6. The van der Waals surface area contributed by atoms with E-state index in [0.29, 0.717) is 32.0 Å². The van der Waals surface area contributed by atoms with Crippen molar-refractivity contribution >= 4 is 10.8 Å². The van der Waals surface area contributed by atoms with Crippen molar-refractivity contribution in [3.05, 3.63) is 186 Å². The molecule has 6 heteroatoms. The van der Waals surface area contributed by atoms with Gasteiger partial charge in [-0.05, 0) is 39.1 Å². The largest absolute Gasteiger partial charge is 0.508 e. The van der Waals surface area contributed by atoms with E-state index in [9.17, 15) is 5.11 Å². The summed E-state index contributed by atoms with van der Waals surface area (Å²) in [6.45, 7) is 1.67. The van der Waals surface area contributed by atoms with E-state index < -0.39 is 30.5 Å². The van der Waals surface area contributed by atoms with Gasteiger partial charge in [-0.2, -0.15) is 0 Å². The molecule has 1 heterocycles. The Kier molecular flexibility index (Phi) is 11.3. The third-order valence-corrected chi connectivity index (χ3v) is 9.12. The van der Waals surface area contributed by atoms with E-state index in [0.717, 1.165) is 33.0 Å². The third-order valence-electron chi connectivity index (χ3n) is 9.12. The molecule has 6 aromatic rings. The topological polar surface area (TPSA) is 66.4 Å². The summed E-state index contributed by atoms with van der Waals surface area (Å²) < 4.78 is 34.0. The van der Waals surface area contributed by atoms with Gasteiger partial charge < -0.3 is 28.8 Å². The van der Waals surface area contributed by atoms with Gasteiger partial charge in [-0.3, -0.25) is 0 Å². The number of aromatic hydroxyl groups is 1. The van der Waals surface area contributed by atoms with Crippen LogP contribution in [0.5, 0.6) is 5.75 Å². The molecule has 0 saturated carbocycles. The number of fused-ring (bicyclic) bond motifs is 1. The van der Waals surface area contributed by atoms with Crippen LogP contribution in [0.1, 0.15) is 33.9 Å². The molecule has 50 heavy (non-hydrogen) atoms. The predicted molar refractivity (Wildman–Crippen MR) is 194 cm³/mol. The van der Waals surface area contributed by atoms with Gasteiger partial charge in [-0.15, -0.1) is 0 Å². The molecular formula is C44H42O6. The maximum atomic E-state index is 11.5. The van der Waals surface area contributed by atoms with Gasteiger partial charge in [0.2, 0.25) is 0 Å². The fraction of sp³-hybridized carbons (Fsp3) is 0.227. The Morgan fingerprint density at radius 2 is 0.920 bits per heavy atom. The lowest BCUT2D eigenvalue weighted by molar-refractivity contribution is -0.275. The zero-order valence-corrected chi connectivity index (χ0v) is 27.9. The van der Waals surface area contributed by atoms with E-state index in [1.807, 2.05) is 152 Å². The fourth-order valence-corrected chi connectivity index (χ4v) is 6.60. The smallest absolute Gasteiger partial charge is 0.122 e. The normalized spacial score (nSPS) is 20.5. The highest BCUT2D eigenvalue weighted by Crippen LogP contribution is 2.44. The molecule has 0 aliphatic carbocycles. The molecule has 0 radical (unpaired) electrons. The van der Waals surface area contributed by atoms with Crippen LogP contribution in [0.4, 0.5) is 0 Å². The lowest BCUT2D eigenvalue weighted by atomic mass is 9.87. The molecule has 3 unspecified atom stereocenters. The molecule has 0 amide bonds. The summed E-state index contributed by atoms with van der Waals surface area (Å²) in [7, 11) is 0. The van der Waals surface area contributed by atoms with E-state index in [4.69, 9.17) is 23.7 Å². The van der Waals surface area contributed by atoms with Crippen molar-refractivity contribution in [3.63, 3.8) is 0 Å². The van der Waals surface area contributed by atoms with Crippen LogP contribution in [0, 0.1) is 0 Å². The molecule has 6 aromatic carbocycles. The highest BCUT2D eigenvalue weighted by Gasteiger charge is 2.50. The summed E-state index contributed by atoms with van der Waals surface area (Å²) in [4.78, 5) is 0. The van der Waals surface area contributed by atoms with Gasteiger partial charge in [-0.1, -0.05) is 152 Å². The van der Waals surface area contributed by atoms with Crippen LogP contribution in [0.2, 0.25) is 0 Å². The number of hydrogen-bond acceptors (Lipinski definition) is 6.